The number of aromatic amines is 1. The van der Waals surface area contributed by atoms with Crippen LogP contribution in [0.4, 0.5) is 8.78 Å². The van der Waals surface area contributed by atoms with Gasteiger partial charge in [0.05, 0.1) is 11.7 Å². The molecule has 0 amide bonds. The van der Waals surface area contributed by atoms with Crippen molar-refractivity contribution >= 4 is 22.7 Å². The van der Waals surface area contributed by atoms with Gasteiger partial charge in [-0.2, -0.15) is 5.10 Å². The van der Waals surface area contributed by atoms with Crippen molar-refractivity contribution < 1.29 is 8.78 Å². The van der Waals surface area contributed by atoms with Crippen LogP contribution >= 0.6 is 11.8 Å². The van der Waals surface area contributed by atoms with Gasteiger partial charge in [-0.05, 0) is 61.7 Å². The van der Waals surface area contributed by atoms with Gasteiger partial charge in [-0.3, -0.25) is 10.00 Å². The Bertz CT molecular complexity index is 1150. The second kappa shape index (κ2) is 9.59. The summed E-state index contributed by atoms with van der Waals surface area (Å²) >= 11 is 1.60. The van der Waals surface area contributed by atoms with E-state index in [1.165, 1.54) is 0 Å². The van der Waals surface area contributed by atoms with E-state index in [1.807, 2.05) is 18.3 Å². The molecule has 3 aromatic rings. The molecule has 1 saturated heterocycles. The lowest BCUT2D eigenvalue weighted by Gasteiger charge is -2.42. The summed E-state index contributed by atoms with van der Waals surface area (Å²) < 4.78 is 31.5. The van der Waals surface area contributed by atoms with E-state index in [0.717, 1.165) is 61.1 Å². The predicted molar refractivity (Wildman–Crippen MR) is 135 cm³/mol. The van der Waals surface area contributed by atoms with E-state index in [4.69, 9.17) is 0 Å². The lowest BCUT2D eigenvalue weighted by Crippen LogP contribution is -2.48. The van der Waals surface area contributed by atoms with E-state index in [2.05, 4.69) is 47.8 Å². The SMILES string of the molecule is CCCN1CC(Sc2cc(F)c([C@@H]3c4ccc5[nH]ncc5c4CN(C)[C@H]3CC(C)C)c(F)c2)C1. The number of nitrogens with zero attached hydrogens (tertiary/aromatic N) is 3. The van der Waals surface area contributed by atoms with Gasteiger partial charge in [-0.15, -0.1) is 11.8 Å². The summed E-state index contributed by atoms with van der Waals surface area (Å²) in [5, 5.41) is 8.67. The van der Waals surface area contributed by atoms with Crippen LogP contribution < -0.4 is 0 Å². The van der Waals surface area contributed by atoms with Crippen molar-refractivity contribution in [3.05, 3.63) is 58.8 Å². The fraction of sp³-hybridized carbons (Fsp3) is 0.519. The Kier molecular flexibility index (Phi) is 6.70. The topological polar surface area (TPSA) is 35.2 Å². The zero-order valence-electron chi connectivity index (χ0n) is 20.4. The second-order valence-electron chi connectivity index (χ2n) is 10.4. The normalized spacial score (nSPS) is 21.9. The summed E-state index contributed by atoms with van der Waals surface area (Å²) in [4.78, 5) is 5.34. The first-order chi connectivity index (χ1) is 16.4. The molecule has 0 saturated carbocycles. The van der Waals surface area contributed by atoms with Gasteiger partial charge in [0, 0.05) is 52.7 Å². The zero-order chi connectivity index (χ0) is 24.0. The molecule has 3 heterocycles. The molecule has 0 aliphatic carbocycles. The van der Waals surface area contributed by atoms with Crippen LogP contribution in [0.3, 0.4) is 0 Å². The van der Waals surface area contributed by atoms with E-state index in [-0.39, 0.29) is 17.5 Å². The molecule has 4 nitrogen and oxygen atoms in total. The zero-order valence-corrected chi connectivity index (χ0v) is 21.3. The van der Waals surface area contributed by atoms with Crippen LogP contribution in [0.15, 0.2) is 35.4 Å². The molecule has 2 atom stereocenters. The average molecular weight is 485 g/mol. The van der Waals surface area contributed by atoms with E-state index >= 15 is 8.78 Å². The minimum absolute atomic E-state index is 0.0218. The molecule has 2 aliphatic rings. The van der Waals surface area contributed by atoms with Gasteiger partial charge in [0.2, 0.25) is 0 Å². The first kappa shape index (κ1) is 23.8. The molecule has 182 valence electrons. The minimum Gasteiger partial charge on any atom is -0.301 e. The van der Waals surface area contributed by atoms with Crippen molar-refractivity contribution in [2.24, 2.45) is 5.92 Å². The fourth-order valence-electron chi connectivity index (χ4n) is 5.75. The Morgan fingerprint density at radius 3 is 2.59 bits per heavy atom. The van der Waals surface area contributed by atoms with Crippen LogP contribution in [0.5, 0.6) is 0 Å². The first-order valence-corrected chi connectivity index (χ1v) is 13.3. The van der Waals surface area contributed by atoms with Crippen LogP contribution in [0.2, 0.25) is 0 Å². The van der Waals surface area contributed by atoms with Crippen molar-refractivity contribution in [2.75, 3.05) is 26.7 Å². The smallest absolute Gasteiger partial charge is 0.131 e. The van der Waals surface area contributed by atoms with E-state index in [1.54, 1.807) is 23.9 Å². The van der Waals surface area contributed by atoms with Gasteiger partial charge >= 0.3 is 0 Å². The third-order valence-electron chi connectivity index (χ3n) is 7.31. The first-order valence-electron chi connectivity index (χ1n) is 12.4. The number of likely N-dealkylation sites (tertiary alicyclic amines) is 1. The number of rotatable bonds is 7. The third-order valence-corrected chi connectivity index (χ3v) is 8.45. The lowest BCUT2D eigenvalue weighted by atomic mass is 9.75. The summed E-state index contributed by atoms with van der Waals surface area (Å²) in [6.45, 7) is 10.3. The second-order valence-corrected chi connectivity index (χ2v) is 11.7. The largest absolute Gasteiger partial charge is 0.301 e. The molecular formula is C27H34F2N4S. The van der Waals surface area contributed by atoms with Crippen LogP contribution in [0, 0.1) is 17.6 Å². The highest BCUT2D eigenvalue weighted by atomic mass is 32.2. The number of benzene rings is 2. The highest BCUT2D eigenvalue weighted by Gasteiger charge is 2.39. The van der Waals surface area contributed by atoms with Crippen molar-refractivity contribution in [2.45, 2.75) is 62.3 Å². The quantitative estimate of drug-likeness (QED) is 0.445. The van der Waals surface area contributed by atoms with Crippen LogP contribution in [-0.4, -0.2) is 58.0 Å². The highest BCUT2D eigenvalue weighted by Crippen LogP contribution is 2.44. The van der Waals surface area contributed by atoms with E-state index in [0.29, 0.717) is 16.1 Å². The molecule has 0 spiro atoms. The molecular weight excluding hydrogens is 450 g/mol. The number of hydrogen-bond donors (Lipinski definition) is 1. The number of aromatic nitrogens is 2. The summed E-state index contributed by atoms with van der Waals surface area (Å²) in [7, 11) is 2.07. The Morgan fingerprint density at radius 2 is 1.91 bits per heavy atom. The van der Waals surface area contributed by atoms with E-state index in [9.17, 15) is 0 Å². The van der Waals surface area contributed by atoms with Gasteiger partial charge in [0.25, 0.3) is 0 Å². The van der Waals surface area contributed by atoms with Gasteiger partial charge in [-0.1, -0.05) is 26.8 Å². The maximum absolute atomic E-state index is 15.8. The molecule has 0 radical (unpaired) electrons. The fourth-order valence-corrected chi connectivity index (χ4v) is 7.05. The number of hydrogen-bond acceptors (Lipinski definition) is 4. The van der Waals surface area contributed by atoms with Crippen LogP contribution in [-0.2, 0) is 6.54 Å². The van der Waals surface area contributed by atoms with Gasteiger partial charge in [-0.25, -0.2) is 8.78 Å². The summed E-state index contributed by atoms with van der Waals surface area (Å²) in [6, 6.07) is 7.17. The van der Waals surface area contributed by atoms with Crippen LogP contribution in [0.25, 0.3) is 10.9 Å². The van der Waals surface area contributed by atoms with Crippen molar-refractivity contribution in [1.82, 2.24) is 20.0 Å². The molecule has 0 bridgehead atoms. The molecule has 2 aliphatic heterocycles. The summed E-state index contributed by atoms with van der Waals surface area (Å²) in [5.41, 5.74) is 3.29. The third kappa shape index (κ3) is 4.38. The molecule has 2 aromatic carbocycles. The minimum atomic E-state index is -0.431. The maximum atomic E-state index is 15.8. The molecule has 0 unspecified atom stereocenters. The molecule has 1 fully saturated rings. The maximum Gasteiger partial charge on any atom is 0.131 e. The monoisotopic (exact) mass is 484 g/mol. The number of likely N-dealkylation sites (N-methyl/N-ethyl adjacent to an activating group) is 1. The number of halogens is 2. The van der Waals surface area contributed by atoms with Gasteiger partial charge in [0.1, 0.15) is 11.6 Å². The molecule has 5 rings (SSSR count). The Balaban J connectivity index is 1.52. The molecule has 1 N–H and O–H groups in total. The standard InChI is InChI=1S/C27H34F2N4S/c1-5-8-33-13-18(14-33)34-17-10-22(28)27(23(29)11-17)26-19-6-7-24-20(12-30-31-24)21(19)15-32(4)25(26)9-16(2)3/h6-7,10-12,16,18,25-26H,5,8-9,13-15H2,1-4H3,(H,30,31)/t25-,26+/m0/s1. The number of nitrogens with one attached hydrogen (secondary N) is 1. The van der Waals surface area contributed by atoms with Crippen molar-refractivity contribution in [1.29, 1.82) is 0 Å². The number of fused-ring (bicyclic) bond motifs is 3. The van der Waals surface area contributed by atoms with E-state index < -0.39 is 11.6 Å². The Morgan fingerprint density at radius 1 is 1.18 bits per heavy atom. The number of thioether (sulfide) groups is 1. The number of H-pyrrole nitrogens is 1. The van der Waals surface area contributed by atoms with Gasteiger partial charge in [0.15, 0.2) is 0 Å². The summed E-state index contributed by atoms with van der Waals surface area (Å²) in [6.07, 6.45) is 3.83. The Hall–Kier alpha value is -1.96. The van der Waals surface area contributed by atoms with Crippen molar-refractivity contribution in [3.63, 3.8) is 0 Å². The van der Waals surface area contributed by atoms with Crippen LogP contribution in [0.1, 0.15) is 56.2 Å². The lowest BCUT2D eigenvalue weighted by molar-refractivity contribution is 0.169. The highest BCUT2D eigenvalue weighted by molar-refractivity contribution is 8.00. The molecule has 34 heavy (non-hydrogen) atoms. The van der Waals surface area contributed by atoms with Crippen molar-refractivity contribution in [3.8, 4) is 0 Å². The Labute approximate surface area is 205 Å². The summed E-state index contributed by atoms with van der Waals surface area (Å²) in [5.74, 6) is -0.808. The molecule has 1 aromatic heterocycles. The predicted octanol–water partition coefficient (Wildman–Crippen LogP) is 6.02. The van der Waals surface area contributed by atoms with Gasteiger partial charge < -0.3 is 4.90 Å². The molecule has 7 heteroatoms. The average Bonchev–Trinajstić information content (AvgIpc) is 3.23.